The van der Waals surface area contributed by atoms with Crippen LogP contribution in [-0.4, -0.2) is 5.91 Å². The predicted molar refractivity (Wildman–Crippen MR) is 76.1 cm³/mol. The van der Waals surface area contributed by atoms with Gasteiger partial charge in [-0.3, -0.25) is 9.69 Å². The normalized spacial score (nSPS) is 13.8. The van der Waals surface area contributed by atoms with Crippen molar-refractivity contribution < 1.29 is 9.18 Å². The number of hydrogen-bond donors (Lipinski definition) is 0. The second-order valence-electron chi connectivity index (χ2n) is 4.61. The number of amides is 1. The summed E-state index contributed by atoms with van der Waals surface area (Å²) in [5.41, 5.74) is 3.10. The highest BCUT2D eigenvalue weighted by atomic mass is 79.9. The fourth-order valence-electron chi connectivity index (χ4n) is 2.40. The molecule has 0 radical (unpaired) electrons. The van der Waals surface area contributed by atoms with Gasteiger partial charge in [0.05, 0.1) is 17.8 Å². The maximum Gasteiger partial charge on any atom is 0.236 e. The van der Waals surface area contributed by atoms with Crippen LogP contribution in [0.4, 0.5) is 15.8 Å². The minimum Gasteiger partial charge on any atom is -0.276 e. The van der Waals surface area contributed by atoms with E-state index in [9.17, 15) is 9.18 Å². The molecule has 0 N–H and O–H groups in total. The highest BCUT2D eigenvalue weighted by Gasteiger charge is 2.31. The Bertz CT molecular complexity index is 664. The van der Waals surface area contributed by atoms with Crippen LogP contribution in [0.5, 0.6) is 0 Å². The molecule has 0 spiro atoms. The van der Waals surface area contributed by atoms with Gasteiger partial charge in [-0.1, -0.05) is 23.8 Å². The van der Waals surface area contributed by atoms with E-state index >= 15 is 0 Å². The molecule has 1 heterocycles. The first-order chi connectivity index (χ1) is 9.08. The Hall–Kier alpha value is -1.68. The van der Waals surface area contributed by atoms with Gasteiger partial charge in [-0.15, -0.1) is 0 Å². The summed E-state index contributed by atoms with van der Waals surface area (Å²) < 4.78 is 14.6. The van der Waals surface area contributed by atoms with Crippen LogP contribution < -0.4 is 4.90 Å². The molecule has 1 amide bonds. The Morgan fingerprint density at radius 2 is 2.05 bits per heavy atom. The van der Waals surface area contributed by atoms with Gasteiger partial charge in [0.15, 0.2) is 0 Å². The van der Waals surface area contributed by atoms with Crippen molar-refractivity contribution >= 4 is 33.2 Å². The van der Waals surface area contributed by atoms with Gasteiger partial charge in [0.1, 0.15) is 5.82 Å². The molecule has 4 heteroatoms. The van der Waals surface area contributed by atoms with Gasteiger partial charge < -0.3 is 0 Å². The summed E-state index contributed by atoms with van der Waals surface area (Å²) in [6.07, 6.45) is 0.317. The number of para-hydroxylation sites is 1. The predicted octanol–water partition coefficient (Wildman–Crippen LogP) is 4.12. The summed E-state index contributed by atoms with van der Waals surface area (Å²) in [7, 11) is 0. The van der Waals surface area contributed by atoms with E-state index in [1.165, 1.54) is 11.0 Å². The molecule has 0 saturated carbocycles. The molecule has 1 aliphatic heterocycles. The van der Waals surface area contributed by atoms with Crippen molar-refractivity contribution in [1.29, 1.82) is 0 Å². The van der Waals surface area contributed by atoms with Crippen molar-refractivity contribution in [3.8, 4) is 0 Å². The van der Waals surface area contributed by atoms with Gasteiger partial charge >= 0.3 is 0 Å². The lowest BCUT2D eigenvalue weighted by atomic mass is 10.1. The van der Waals surface area contributed by atoms with Gasteiger partial charge in [-0.25, -0.2) is 4.39 Å². The molecule has 2 aromatic rings. The Morgan fingerprint density at radius 1 is 1.26 bits per heavy atom. The molecule has 2 nitrogen and oxygen atoms in total. The van der Waals surface area contributed by atoms with Crippen LogP contribution in [0.1, 0.15) is 11.1 Å². The smallest absolute Gasteiger partial charge is 0.236 e. The summed E-state index contributed by atoms with van der Waals surface area (Å²) in [4.78, 5) is 13.6. The van der Waals surface area contributed by atoms with Gasteiger partial charge in [-0.05, 0) is 46.6 Å². The molecule has 1 aliphatic rings. The summed E-state index contributed by atoms with van der Waals surface area (Å²) in [6.45, 7) is 1.98. The Labute approximate surface area is 119 Å². The second-order valence-corrected chi connectivity index (χ2v) is 5.46. The number of nitrogens with zero attached hydrogens (tertiary/aromatic N) is 1. The quantitative estimate of drug-likeness (QED) is 0.774. The van der Waals surface area contributed by atoms with Crippen molar-refractivity contribution in [2.24, 2.45) is 0 Å². The zero-order valence-corrected chi connectivity index (χ0v) is 11.9. The van der Waals surface area contributed by atoms with E-state index in [0.717, 1.165) is 16.8 Å². The van der Waals surface area contributed by atoms with E-state index < -0.39 is 5.82 Å². The van der Waals surface area contributed by atoms with E-state index in [-0.39, 0.29) is 11.6 Å². The average molecular weight is 320 g/mol. The number of aryl methyl sites for hydroxylation is 1. The van der Waals surface area contributed by atoms with Crippen molar-refractivity contribution in [2.45, 2.75) is 13.3 Å². The van der Waals surface area contributed by atoms with Gasteiger partial charge in [0, 0.05) is 4.47 Å². The average Bonchev–Trinajstić information content (AvgIpc) is 2.65. The Kier molecular flexibility index (Phi) is 2.90. The first-order valence-electron chi connectivity index (χ1n) is 5.94. The van der Waals surface area contributed by atoms with Crippen molar-refractivity contribution in [2.75, 3.05) is 4.90 Å². The van der Waals surface area contributed by atoms with E-state index in [0.29, 0.717) is 10.9 Å². The summed E-state index contributed by atoms with van der Waals surface area (Å²) in [5, 5.41) is 0. The molecule has 96 valence electrons. The number of fused-ring (bicyclic) bond motifs is 1. The molecule has 0 atom stereocenters. The lowest BCUT2D eigenvalue weighted by Crippen LogP contribution is -2.22. The summed E-state index contributed by atoms with van der Waals surface area (Å²) in [5.74, 6) is -0.512. The number of anilines is 2. The number of benzene rings is 2. The lowest BCUT2D eigenvalue weighted by Gasteiger charge is -2.19. The third-order valence-corrected chi connectivity index (χ3v) is 3.87. The SMILES string of the molecule is Cc1ccc2c(c1)CC(=O)N2c1c(F)cccc1Br. The molecule has 0 aromatic heterocycles. The van der Waals surface area contributed by atoms with Crippen LogP contribution in [0.25, 0.3) is 0 Å². The molecule has 2 aromatic carbocycles. The molecular formula is C15H11BrFNO. The fourth-order valence-corrected chi connectivity index (χ4v) is 2.92. The summed E-state index contributed by atoms with van der Waals surface area (Å²) >= 11 is 3.32. The first-order valence-corrected chi connectivity index (χ1v) is 6.74. The minimum atomic E-state index is -0.406. The number of halogens is 2. The number of carbonyl (C=O) groups is 1. The van der Waals surface area contributed by atoms with Crippen LogP contribution in [0.2, 0.25) is 0 Å². The summed E-state index contributed by atoms with van der Waals surface area (Å²) in [6, 6.07) is 10.5. The monoisotopic (exact) mass is 319 g/mol. The highest BCUT2D eigenvalue weighted by Crippen LogP contribution is 2.40. The van der Waals surface area contributed by atoms with Crippen LogP contribution in [0.15, 0.2) is 40.9 Å². The largest absolute Gasteiger partial charge is 0.276 e. The molecule has 0 saturated heterocycles. The maximum atomic E-state index is 14.0. The zero-order valence-electron chi connectivity index (χ0n) is 10.3. The van der Waals surface area contributed by atoms with E-state index in [4.69, 9.17) is 0 Å². The molecule has 0 bridgehead atoms. The van der Waals surface area contributed by atoms with Crippen LogP contribution in [0.3, 0.4) is 0 Å². The molecular weight excluding hydrogens is 309 g/mol. The first kappa shape index (κ1) is 12.4. The number of carbonyl (C=O) groups excluding carboxylic acids is 1. The molecule has 0 fully saturated rings. The molecule has 3 rings (SSSR count). The lowest BCUT2D eigenvalue weighted by molar-refractivity contribution is -0.116. The van der Waals surface area contributed by atoms with E-state index in [1.807, 2.05) is 25.1 Å². The minimum absolute atomic E-state index is 0.105. The topological polar surface area (TPSA) is 20.3 Å². The molecule has 0 aliphatic carbocycles. The van der Waals surface area contributed by atoms with E-state index in [2.05, 4.69) is 15.9 Å². The third kappa shape index (κ3) is 1.96. The van der Waals surface area contributed by atoms with Gasteiger partial charge in [0.2, 0.25) is 5.91 Å². The molecule has 0 unspecified atom stereocenters. The number of hydrogen-bond acceptors (Lipinski definition) is 1. The molecule has 19 heavy (non-hydrogen) atoms. The zero-order chi connectivity index (χ0) is 13.6. The maximum absolute atomic E-state index is 14.0. The Balaban J connectivity index is 2.20. The van der Waals surface area contributed by atoms with E-state index in [1.54, 1.807) is 12.1 Å². The van der Waals surface area contributed by atoms with Crippen molar-refractivity contribution in [3.63, 3.8) is 0 Å². The van der Waals surface area contributed by atoms with Crippen LogP contribution >= 0.6 is 15.9 Å². The van der Waals surface area contributed by atoms with Crippen molar-refractivity contribution in [1.82, 2.24) is 0 Å². The van der Waals surface area contributed by atoms with Crippen LogP contribution in [-0.2, 0) is 11.2 Å². The van der Waals surface area contributed by atoms with Gasteiger partial charge in [0.25, 0.3) is 0 Å². The number of rotatable bonds is 1. The van der Waals surface area contributed by atoms with Crippen LogP contribution in [0, 0.1) is 12.7 Å². The fraction of sp³-hybridized carbons (Fsp3) is 0.133. The standard InChI is InChI=1S/C15H11BrFNO/c1-9-5-6-13-10(7-9)8-14(19)18(13)15-11(16)3-2-4-12(15)17/h2-7H,8H2,1H3. The Morgan fingerprint density at radius 3 is 2.79 bits per heavy atom. The van der Waals surface area contributed by atoms with Crippen molar-refractivity contribution in [3.05, 3.63) is 57.8 Å². The highest BCUT2D eigenvalue weighted by molar-refractivity contribution is 9.10. The second kappa shape index (κ2) is 4.46. The van der Waals surface area contributed by atoms with Gasteiger partial charge in [-0.2, -0.15) is 0 Å². The third-order valence-electron chi connectivity index (χ3n) is 3.23.